The average molecular weight is 317 g/mol. The van der Waals surface area contributed by atoms with Crippen molar-refractivity contribution in [2.75, 3.05) is 12.5 Å². The fraction of sp³-hybridized carbons (Fsp3) is 0.143. The summed E-state index contributed by atoms with van der Waals surface area (Å²) in [4.78, 5) is 0. The smallest absolute Gasteiger partial charge is 0.406 e. The molecular formula is C14H12ClF3N2O. The highest BCUT2D eigenvalue weighted by molar-refractivity contribution is 6.33. The van der Waals surface area contributed by atoms with Crippen molar-refractivity contribution in [2.24, 2.45) is 0 Å². The van der Waals surface area contributed by atoms with E-state index >= 15 is 0 Å². The van der Waals surface area contributed by atoms with Gasteiger partial charge in [0.15, 0.2) is 0 Å². The minimum atomic E-state index is -4.71. The minimum absolute atomic E-state index is 0.266. The molecule has 21 heavy (non-hydrogen) atoms. The van der Waals surface area contributed by atoms with Crippen molar-refractivity contribution in [1.29, 1.82) is 0 Å². The Morgan fingerprint density at radius 3 is 2.43 bits per heavy atom. The first-order valence-corrected chi connectivity index (χ1v) is 6.35. The van der Waals surface area contributed by atoms with Crippen molar-refractivity contribution < 1.29 is 17.9 Å². The van der Waals surface area contributed by atoms with Gasteiger partial charge in [0.05, 0.1) is 10.7 Å². The van der Waals surface area contributed by atoms with E-state index in [9.17, 15) is 13.2 Å². The Morgan fingerprint density at radius 1 is 1.05 bits per heavy atom. The summed E-state index contributed by atoms with van der Waals surface area (Å²) in [6, 6.07) is 10.9. The van der Waals surface area contributed by atoms with Crippen molar-refractivity contribution in [3.05, 3.63) is 47.5 Å². The van der Waals surface area contributed by atoms with E-state index in [0.717, 1.165) is 0 Å². The number of hydrogen-bond donors (Lipinski definition) is 2. The standard InChI is InChI=1S/C14H12ClF3N2O/c1-19-20-13-8-10(5-6-12(13)15)9-3-2-4-11(7-9)21-14(16,17)18/h2-8,19-20H,1H3. The molecule has 3 nitrogen and oxygen atoms in total. The molecule has 2 rings (SSSR count). The van der Waals surface area contributed by atoms with Crippen molar-refractivity contribution in [3.63, 3.8) is 0 Å². The molecule has 112 valence electrons. The molecule has 0 heterocycles. The summed E-state index contributed by atoms with van der Waals surface area (Å²) in [5.74, 6) is -0.266. The summed E-state index contributed by atoms with van der Waals surface area (Å²) in [5.41, 5.74) is 7.51. The van der Waals surface area contributed by atoms with Crippen molar-refractivity contribution >= 4 is 17.3 Å². The second-order valence-corrected chi connectivity index (χ2v) is 4.55. The van der Waals surface area contributed by atoms with Crippen LogP contribution in [0.3, 0.4) is 0 Å². The van der Waals surface area contributed by atoms with Gasteiger partial charge in [-0.25, -0.2) is 5.43 Å². The normalized spacial score (nSPS) is 11.3. The Morgan fingerprint density at radius 2 is 1.76 bits per heavy atom. The zero-order valence-corrected chi connectivity index (χ0v) is 11.7. The van der Waals surface area contributed by atoms with Crippen LogP contribution in [0.4, 0.5) is 18.9 Å². The zero-order valence-electron chi connectivity index (χ0n) is 11.0. The molecule has 0 amide bonds. The van der Waals surface area contributed by atoms with Crippen LogP contribution in [0.2, 0.25) is 5.02 Å². The molecule has 2 aromatic rings. The van der Waals surface area contributed by atoms with Crippen LogP contribution in [0.15, 0.2) is 42.5 Å². The van der Waals surface area contributed by atoms with Crippen LogP contribution in [0.25, 0.3) is 11.1 Å². The number of nitrogens with one attached hydrogen (secondary N) is 2. The van der Waals surface area contributed by atoms with Gasteiger partial charge in [-0.15, -0.1) is 13.2 Å². The number of hydrogen-bond acceptors (Lipinski definition) is 3. The molecule has 7 heteroatoms. The molecule has 0 saturated carbocycles. The predicted molar refractivity (Wildman–Crippen MR) is 76.3 cm³/mol. The summed E-state index contributed by atoms with van der Waals surface area (Å²) in [6.07, 6.45) is -4.71. The van der Waals surface area contributed by atoms with E-state index in [4.69, 9.17) is 11.6 Å². The van der Waals surface area contributed by atoms with Crippen LogP contribution in [-0.2, 0) is 0 Å². The lowest BCUT2D eigenvalue weighted by atomic mass is 10.0. The Bertz CT molecular complexity index is 632. The maximum absolute atomic E-state index is 12.2. The summed E-state index contributed by atoms with van der Waals surface area (Å²) in [5, 5.41) is 0.496. The number of alkyl halides is 3. The van der Waals surface area contributed by atoms with Crippen LogP contribution in [0.5, 0.6) is 5.75 Å². The molecule has 0 fully saturated rings. The van der Waals surface area contributed by atoms with Crippen LogP contribution in [0.1, 0.15) is 0 Å². The topological polar surface area (TPSA) is 33.3 Å². The van der Waals surface area contributed by atoms with Gasteiger partial charge < -0.3 is 10.2 Å². The highest BCUT2D eigenvalue weighted by Gasteiger charge is 2.31. The van der Waals surface area contributed by atoms with Gasteiger partial charge in [0.25, 0.3) is 0 Å². The highest BCUT2D eigenvalue weighted by atomic mass is 35.5. The van der Waals surface area contributed by atoms with Crippen molar-refractivity contribution in [2.45, 2.75) is 6.36 Å². The number of rotatable bonds is 4. The lowest BCUT2D eigenvalue weighted by Crippen LogP contribution is -2.17. The quantitative estimate of drug-likeness (QED) is 0.817. The van der Waals surface area contributed by atoms with Gasteiger partial charge in [-0.2, -0.15) is 0 Å². The Labute approximate surface area is 124 Å². The molecule has 0 aliphatic carbocycles. The lowest BCUT2D eigenvalue weighted by Gasteiger charge is -2.12. The van der Waals surface area contributed by atoms with E-state index < -0.39 is 6.36 Å². The largest absolute Gasteiger partial charge is 0.573 e. The first-order valence-electron chi connectivity index (χ1n) is 5.97. The number of anilines is 1. The number of ether oxygens (including phenoxy) is 1. The predicted octanol–water partition coefficient (Wildman–Crippen LogP) is 4.45. The van der Waals surface area contributed by atoms with Crippen LogP contribution in [0, 0.1) is 0 Å². The molecule has 2 N–H and O–H groups in total. The number of halogens is 4. The van der Waals surface area contributed by atoms with Gasteiger partial charge in [0.1, 0.15) is 5.75 Å². The third-order valence-corrected chi connectivity index (χ3v) is 2.96. The van der Waals surface area contributed by atoms with Gasteiger partial charge in [-0.3, -0.25) is 0 Å². The summed E-state index contributed by atoms with van der Waals surface area (Å²) >= 11 is 6.00. The highest BCUT2D eigenvalue weighted by Crippen LogP contribution is 2.31. The molecule has 0 aliphatic rings. The number of benzene rings is 2. The molecule has 0 radical (unpaired) electrons. The summed E-state index contributed by atoms with van der Waals surface area (Å²) in [7, 11) is 1.68. The lowest BCUT2D eigenvalue weighted by molar-refractivity contribution is -0.274. The molecule has 2 aromatic carbocycles. The molecule has 0 saturated heterocycles. The first kappa shape index (κ1) is 15.5. The Balaban J connectivity index is 2.34. The third kappa shape index (κ3) is 4.27. The molecule has 0 bridgehead atoms. The Kier molecular flexibility index (Phi) is 4.59. The molecule has 0 aliphatic heterocycles. The third-order valence-electron chi connectivity index (χ3n) is 2.63. The van der Waals surface area contributed by atoms with Crippen LogP contribution >= 0.6 is 11.6 Å². The zero-order chi connectivity index (χ0) is 15.5. The summed E-state index contributed by atoms with van der Waals surface area (Å²) in [6.45, 7) is 0. The van der Waals surface area contributed by atoms with E-state index in [1.165, 1.54) is 18.2 Å². The van der Waals surface area contributed by atoms with Gasteiger partial charge >= 0.3 is 6.36 Å². The maximum atomic E-state index is 12.2. The molecule has 0 spiro atoms. The van der Waals surface area contributed by atoms with E-state index in [0.29, 0.717) is 21.8 Å². The van der Waals surface area contributed by atoms with Crippen molar-refractivity contribution in [1.82, 2.24) is 5.43 Å². The van der Waals surface area contributed by atoms with Crippen molar-refractivity contribution in [3.8, 4) is 16.9 Å². The minimum Gasteiger partial charge on any atom is -0.406 e. The van der Waals surface area contributed by atoms with Gasteiger partial charge in [-0.05, 0) is 35.4 Å². The van der Waals surface area contributed by atoms with Gasteiger partial charge in [0, 0.05) is 7.05 Å². The molecule has 0 atom stereocenters. The van der Waals surface area contributed by atoms with E-state index in [1.54, 1.807) is 31.3 Å². The fourth-order valence-corrected chi connectivity index (χ4v) is 1.97. The van der Waals surface area contributed by atoms with Gasteiger partial charge in [-0.1, -0.05) is 29.8 Å². The fourth-order valence-electron chi connectivity index (χ4n) is 1.81. The van der Waals surface area contributed by atoms with Crippen LogP contribution < -0.4 is 15.6 Å². The van der Waals surface area contributed by atoms with Crippen LogP contribution in [-0.4, -0.2) is 13.4 Å². The second kappa shape index (κ2) is 6.24. The summed E-state index contributed by atoms with van der Waals surface area (Å²) < 4.78 is 40.6. The first-order chi connectivity index (χ1) is 9.89. The van der Waals surface area contributed by atoms with E-state index in [2.05, 4.69) is 15.6 Å². The van der Waals surface area contributed by atoms with Gasteiger partial charge in [0.2, 0.25) is 0 Å². The van der Waals surface area contributed by atoms with E-state index in [-0.39, 0.29) is 5.75 Å². The molecular weight excluding hydrogens is 305 g/mol. The van der Waals surface area contributed by atoms with E-state index in [1.807, 2.05) is 0 Å². The SMILES string of the molecule is CNNc1cc(-c2cccc(OC(F)(F)F)c2)ccc1Cl. The number of hydrazine groups is 1. The Hall–Kier alpha value is -1.92. The average Bonchev–Trinajstić information content (AvgIpc) is 2.40. The monoisotopic (exact) mass is 316 g/mol. The molecule has 0 aromatic heterocycles. The molecule has 0 unspecified atom stereocenters. The maximum Gasteiger partial charge on any atom is 0.573 e. The second-order valence-electron chi connectivity index (χ2n) is 4.15.